The Labute approximate surface area is 122 Å². The highest BCUT2D eigenvalue weighted by atomic mass is 16.5. The van der Waals surface area contributed by atoms with Gasteiger partial charge in [0.25, 0.3) is 0 Å². The zero-order valence-corrected chi connectivity index (χ0v) is 11.4. The maximum atomic E-state index is 12.0. The first-order valence-electron chi connectivity index (χ1n) is 6.87. The second kappa shape index (κ2) is 5.48. The number of hydrogen-bond donors (Lipinski definition) is 2. The Morgan fingerprint density at radius 3 is 2.52 bits per heavy atom. The lowest BCUT2D eigenvalue weighted by Gasteiger charge is -2.15. The molecule has 1 fully saturated rings. The molecule has 2 aromatic carbocycles. The highest BCUT2D eigenvalue weighted by Crippen LogP contribution is 2.35. The lowest BCUT2D eigenvalue weighted by atomic mass is 9.84. The minimum Gasteiger partial charge on any atom is -0.504 e. The zero-order valence-electron chi connectivity index (χ0n) is 11.4. The third-order valence-electron chi connectivity index (χ3n) is 3.86. The Kier molecular flexibility index (Phi) is 3.52. The molecule has 0 bridgehead atoms. The van der Waals surface area contributed by atoms with Gasteiger partial charge in [0.15, 0.2) is 11.5 Å². The standard InChI is InChI=1S/C17H16O4/c18-14-7-6-11(9-15(14)19)8-13-10-21-17(20)16(13)12-4-2-1-3-5-12/h1-7,9,13,16,18-19H,8,10H2/t13-,16+/m0/s1. The summed E-state index contributed by atoms with van der Waals surface area (Å²) in [5.74, 6) is -0.730. The first-order valence-corrected chi connectivity index (χ1v) is 6.87. The van der Waals surface area contributed by atoms with Gasteiger partial charge in [0, 0.05) is 5.92 Å². The van der Waals surface area contributed by atoms with Crippen LogP contribution in [0.4, 0.5) is 0 Å². The molecule has 0 spiro atoms. The molecule has 0 radical (unpaired) electrons. The molecule has 108 valence electrons. The van der Waals surface area contributed by atoms with Crippen molar-refractivity contribution in [2.45, 2.75) is 12.3 Å². The monoisotopic (exact) mass is 284 g/mol. The van der Waals surface area contributed by atoms with Crippen LogP contribution in [-0.2, 0) is 16.0 Å². The Hall–Kier alpha value is -2.49. The van der Waals surface area contributed by atoms with Crippen LogP contribution in [0.25, 0.3) is 0 Å². The van der Waals surface area contributed by atoms with Crippen LogP contribution in [0.1, 0.15) is 17.0 Å². The van der Waals surface area contributed by atoms with E-state index >= 15 is 0 Å². The van der Waals surface area contributed by atoms with E-state index in [1.165, 1.54) is 12.1 Å². The maximum Gasteiger partial charge on any atom is 0.313 e. The van der Waals surface area contributed by atoms with Crippen molar-refractivity contribution < 1.29 is 19.7 Å². The van der Waals surface area contributed by atoms with Crippen molar-refractivity contribution in [3.63, 3.8) is 0 Å². The predicted octanol–water partition coefficient (Wildman–Crippen LogP) is 2.60. The van der Waals surface area contributed by atoms with Gasteiger partial charge in [-0.05, 0) is 29.7 Å². The molecule has 4 heteroatoms. The van der Waals surface area contributed by atoms with Gasteiger partial charge in [-0.3, -0.25) is 4.79 Å². The molecule has 1 heterocycles. The molecule has 2 atom stereocenters. The summed E-state index contributed by atoms with van der Waals surface area (Å²) in [6.07, 6.45) is 0.610. The zero-order chi connectivity index (χ0) is 14.8. The maximum absolute atomic E-state index is 12.0. The number of cyclic esters (lactones) is 1. The molecule has 1 saturated heterocycles. The van der Waals surface area contributed by atoms with Crippen molar-refractivity contribution in [1.29, 1.82) is 0 Å². The second-order valence-corrected chi connectivity index (χ2v) is 5.31. The SMILES string of the molecule is O=C1OC[C@H](Cc2ccc(O)c(O)c2)[C@H]1c1ccccc1. The average molecular weight is 284 g/mol. The highest BCUT2D eigenvalue weighted by molar-refractivity contribution is 5.80. The van der Waals surface area contributed by atoms with Gasteiger partial charge in [-0.25, -0.2) is 0 Å². The Morgan fingerprint density at radius 1 is 1.05 bits per heavy atom. The number of hydrogen-bond acceptors (Lipinski definition) is 4. The van der Waals surface area contributed by atoms with Gasteiger partial charge in [0.2, 0.25) is 0 Å². The van der Waals surface area contributed by atoms with Crippen molar-refractivity contribution >= 4 is 5.97 Å². The fourth-order valence-electron chi connectivity index (χ4n) is 2.81. The van der Waals surface area contributed by atoms with Crippen LogP contribution in [0, 0.1) is 5.92 Å². The number of esters is 1. The molecule has 1 aliphatic rings. The Balaban J connectivity index is 1.84. The third-order valence-corrected chi connectivity index (χ3v) is 3.86. The molecule has 1 aliphatic heterocycles. The number of benzene rings is 2. The minimum atomic E-state index is -0.276. The third kappa shape index (κ3) is 2.70. The van der Waals surface area contributed by atoms with Gasteiger partial charge in [0.1, 0.15) is 0 Å². The van der Waals surface area contributed by atoms with Crippen LogP contribution in [0.3, 0.4) is 0 Å². The summed E-state index contributed by atoms with van der Waals surface area (Å²) >= 11 is 0. The van der Waals surface area contributed by atoms with Gasteiger partial charge in [-0.1, -0.05) is 36.4 Å². The summed E-state index contributed by atoms with van der Waals surface area (Å²) in [4.78, 5) is 12.0. The van der Waals surface area contributed by atoms with Gasteiger partial charge in [0.05, 0.1) is 12.5 Å². The summed E-state index contributed by atoms with van der Waals surface area (Å²) in [6.45, 7) is 0.375. The van der Waals surface area contributed by atoms with E-state index in [1.54, 1.807) is 6.07 Å². The molecule has 0 aromatic heterocycles. The molecule has 21 heavy (non-hydrogen) atoms. The number of carbonyl (C=O) groups excluding carboxylic acids is 1. The minimum absolute atomic E-state index is 0.0313. The lowest BCUT2D eigenvalue weighted by molar-refractivity contribution is -0.139. The smallest absolute Gasteiger partial charge is 0.313 e. The van der Waals surface area contributed by atoms with Crippen LogP contribution in [-0.4, -0.2) is 22.8 Å². The molecular formula is C17H16O4. The molecule has 2 aromatic rings. The van der Waals surface area contributed by atoms with Gasteiger partial charge < -0.3 is 14.9 Å². The summed E-state index contributed by atoms with van der Waals surface area (Å²) in [5.41, 5.74) is 1.82. The van der Waals surface area contributed by atoms with Gasteiger partial charge >= 0.3 is 5.97 Å². The van der Waals surface area contributed by atoms with Crippen molar-refractivity contribution in [3.05, 3.63) is 59.7 Å². The van der Waals surface area contributed by atoms with E-state index in [4.69, 9.17) is 4.74 Å². The summed E-state index contributed by atoms with van der Waals surface area (Å²) in [6, 6.07) is 14.3. The lowest BCUT2D eigenvalue weighted by Crippen LogP contribution is -2.16. The van der Waals surface area contributed by atoms with Crippen LogP contribution in [0.2, 0.25) is 0 Å². The Bertz CT molecular complexity index is 651. The van der Waals surface area contributed by atoms with Gasteiger partial charge in [-0.15, -0.1) is 0 Å². The summed E-state index contributed by atoms with van der Waals surface area (Å²) in [5, 5.41) is 18.9. The average Bonchev–Trinajstić information content (AvgIpc) is 2.85. The molecule has 3 rings (SSSR count). The van der Waals surface area contributed by atoms with Crippen LogP contribution >= 0.6 is 0 Å². The number of ether oxygens (including phenoxy) is 1. The second-order valence-electron chi connectivity index (χ2n) is 5.31. The largest absolute Gasteiger partial charge is 0.504 e. The van der Waals surface area contributed by atoms with E-state index in [1.807, 2.05) is 30.3 Å². The fourth-order valence-corrected chi connectivity index (χ4v) is 2.81. The normalized spacial score (nSPS) is 21.2. The Morgan fingerprint density at radius 2 is 1.81 bits per heavy atom. The topological polar surface area (TPSA) is 66.8 Å². The van der Waals surface area contributed by atoms with Crippen LogP contribution in [0.15, 0.2) is 48.5 Å². The van der Waals surface area contributed by atoms with Crippen molar-refractivity contribution in [3.8, 4) is 11.5 Å². The number of phenols is 2. The quantitative estimate of drug-likeness (QED) is 0.671. The first kappa shape index (κ1) is 13.5. The molecular weight excluding hydrogens is 268 g/mol. The highest BCUT2D eigenvalue weighted by Gasteiger charge is 2.37. The molecule has 0 saturated carbocycles. The number of carbonyl (C=O) groups is 1. The first-order chi connectivity index (χ1) is 10.1. The van der Waals surface area contributed by atoms with E-state index in [-0.39, 0.29) is 29.3 Å². The molecule has 4 nitrogen and oxygen atoms in total. The van der Waals surface area contributed by atoms with E-state index in [2.05, 4.69) is 0 Å². The van der Waals surface area contributed by atoms with E-state index in [9.17, 15) is 15.0 Å². The van der Waals surface area contributed by atoms with E-state index < -0.39 is 0 Å². The molecule has 2 N–H and O–H groups in total. The van der Waals surface area contributed by atoms with Crippen LogP contribution < -0.4 is 0 Å². The number of phenolic OH excluding ortho intramolecular Hbond substituents is 2. The van der Waals surface area contributed by atoms with Crippen molar-refractivity contribution in [2.24, 2.45) is 5.92 Å². The van der Waals surface area contributed by atoms with Gasteiger partial charge in [-0.2, -0.15) is 0 Å². The fraction of sp³-hybridized carbons (Fsp3) is 0.235. The van der Waals surface area contributed by atoms with Crippen LogP contribution in [0.5, 0.6) is 11.5 Å². The van der Waals surface area contributed by atoms with E-state index in [0.717, 1.165) is 11.1 Å². The predicted molar refractivity (Wildman–Crippen MR) is 77.1 cm³/mol. The number of rotatable bonds is 3. The molecule has 0 unspecified atom stereocenters. The van der Waals surface area contributed by atoms with Crippen molar-refractivity contribution in [1.82, 2.24) is 0 Å². The summed E-state index contributed by atoms with van der Waals surface area (Å²) < 4.78 is 5.21. The summed E-state index contributed by atoms with van der Waals surface area (Å²) in [7, 11) is 0. The van der Waals surface area contributed by atoms with Crippen molar-refractivity contribution in [2.75, 3.05) is 6.61 Å². The number of aromatic hydroxyl groups is 2. The molecule has 0 aliphatic carbocycles. The molecule has 0 amide bonds. The van der Waals surface area contributed by atoms with E-state index in [0.29, 0.717) is 13.0 Å².